The molecule has 1 N–H and O–H groups in total. The molecule has 1 saturated carbocycles. The zero-order valence-electron chi connectivity index (χ0n) is 9.54. The van der Waals surface area contributed by atoms with Crippen LogP contribution in [0, 0.1) is 11.3 Å². The molecule has 0 aromatic heterocycles. The van der Waals surface area contributed by atoms with Crippen molar-refractivity contribution in [3.8, 4) is 0 Å². The van der Waals surface area contributed by atoms with Crippen LogP contribution in [-0.2, 0) is 9.59 Å². The summed E-state index contributed by atoms with van der Waals surface area (Å²) in [6, 6.07) is -0.303. The highest BCUT2D eigenvalue weighted by atomic mass is 16.2. The highest BCUT2D eigenvalue weighted by Gasteiger charge is 2.53. The first kappa shape index (κ1) is 10.5. The normalized spacial score (nSPS) is 33.5. The van der Waals surface area contributed by atoms with Gasteiger partial charge in [-0.15, -0.1) is 0 Å². The molecule has 0 spiro atoms. The standard InChI is InChI=1S/C11H18N2O2/c1-7-9(14)12-4-5-13(7)10(15)8-6-11(8,2)3/h7-8H,4-6H2,1-3H3,(H,12,14). The highest BCUT2D eigenvalue weighted by molar-refractivity contribution is 5.90. The van der Waals surface area contributed by atoms with E-state index < -0.39 is 0 Å². The Kier molecular flexibility index (Phi) is 2.24. The van der Waals surface area contributed by atoms with E-state index in [0.717, 1.165) is 6.42 Å². The van der Waals surface area contributed by atoms with Gasteiger partial charge in [0.25, 0.3) is 0 Å². The van der Waals surface area contributed by atoms with Crippen molar-refractivity contribution in [3.63, 3.8) is 0 Å². The van der Waals surface area contributed by atoms with Crippen LogP contribution in [0.15, 0.2) is 0 Å². The van der Waals surface area contributed by atoms with Crippen LogP contribution in [0.5, 0.6) is 0 Å². The van der Waals surface area contributed by atoms with Gasteiger partial charge in [0.1, 0.15) is 6.04 Å². The van der Waals surface area contributed by atoms with Crippen molar-refractivity contribution in [2.24, 2.45) is 11.3 Å². The third kappa shape index (κ3) is 1.73. The lowest BCUT2D eigenvalue weighted by Gasteiger charge is -2.33. The molecule has 4 nitrogen and oxygen atoms in total. The lowest BCUT2D eigenvalue weighted by atomic mass is 10.1. The average molecular weight is 210 g/mol. The van der Waals surface area contributed by atoms with Crippen molar-refractivity contribution >= 4 is 11.8 Å². The molecule has 2 unspecified atom stereocenters. The lowest BCUT2D eigenvalue weighted by Crippen LogP contribution is -2.56. The van der Waals surface area contributed by atoms with Gasteiger partial charge in [0, 0.05) is 19.0 Å². The predicted molar refractivity (Wildman–Crippen MR) is 56.1 cm³/mol. The number of piperazine rings is 1. The predicted octanol–water partition coefficient (Wildman–Crippen LogP) is 0.379. The number of hydrogen-bond donors (Lipinski definition) is 1. The van der Waals surface area contributed by atoms with Crippen molar-refractivity contribution in [1.82, 2.24) is 10.2 Å². The first-order valence-electron chi connectivity index (χ1n) is 5.52. The number of carbonyl (C=O) groups excluding carboxylic acids is 2. The van der Waals surface area contributed by atoms with Gasteiger partial charge >= 0.3 is 0 Å². The van der Waals surface area contributed by atoms with Crippen LogP contribution >= 0.6 is 0 Å². The molecule has 0 aromatic carbocycles. The Labute approximate surface area is 90.0 Å². The third-order valence-electron chi connectivity index (χ3n) is 3.59. The fourth-order valence-electron chi connectivity index (χ4n) is 2.17. The van der Waals surface area contributed by atoms with E-state index in [-0.39, 0.29) is 29.2 Å². The molecule has 2 fully saturated rings. The van der Waals surface area contributed by atoms with Gasteiger partial charge in [-0.1, -0.05) is 13.8 Å². The third-order valence-corrected chi connectivity index (χ3v) is 3.59. The van der Waals surface area contributed by atoms with Crippen LogP contribution in [0.25, 0.3) is 0 Å². The van der Waals surface area contributed by atoms with Gasteiger partial charge in [0.05, 0.1) is 0 Å². The quantitative estimate of drug-likeness (QED) is 0.680. The Morgan fingerprint density at radius 2 is 2.13 bits per heavy atom. The molecule has 2 aliphatic rings. The van der Waals surface area contributed by atoms with E-state index in [0.29, 0.717) is 13.1 Å². The SMILES string of the molecule is CC1C(=O)NCCN1C(=O)C1CC1(C)C. The topological polar surface area (TPSA) is 49.4 Å². The maximum Gasteiger partial charge on any atom is 0.242 e. The molecule has 2 rings (SSSR count). The minimum Gasteiger partial charge on any atom is -0.353 e. The first-order chi connectivity index (χ1) is 6.93. The molecule has 1 saturated heterocycles. The van der Waals surface area contributed by atoms with Crippen molar-refractivity contribution in [1.29, 1.82) is 0 Å². The fourth-order valence-corrected chi connectivity index (χ4v) is 2.17. The second kappa shape index (κ2) is 3.22. The second-order valence-electron chi connectivity index (χ2n) is 5.24. The molecule has 15 heavy (non-hydrogen) atoms. The smallest absolute Gasteiger partial charge is 0.242 e. The van der Waals surface area contributed by atoms with Gasteiger partial charge in [-0.3, -0.25) is 9.59 Å². The minimum absolute atomic E-state index is 0.0342. The number of nitrogens with one attached hydrogen (secondary N) is 1. The molecule has 1 aliphatic heterocycles. The second-order valence-corrected chi connectivity index (χ2v) is 5.24. The van der Waals surface area contributed by atoms with E-state index in [1.807, 2.05) is 0 Å². The Morgan fingerprint density at radius 1 is 1.53 bits per heavy atom. The molecular weight excluding hydrogens is 192 g/mol. The van der Waals surface area contributed by atoms with Gasteiger partial charge in [-0.05, 0) is 18.8 Å². The maximum atomic E-state index is 12.1. The molecular formula is C11H18N2O2. The molecule has 2 amide bonds. The average Bonchev–Trinajstić information content (AvgIpc) is 2.79. The summed E-state index contributed by atoms with van der Waals surface area (Å²) in [6.45, 7) is 7.23. The largest absolute Gasteiger partial charge is 0.353 e. The Morgan fingerprint density at radius 3 is 2.67 bits per heavy atom. The summed E-state index contributed by atoms with van der Waals surface area (Å²) in [4.78, 5) is 25.2. The number of amides is 2. The van der Waals surface area contributed by atoms with E-state index in [4.69, 9.17) is 0 Å². The number of rotatable bonds is 1. The van der Waals surface area contributed by atoms with Gasteiger partial charge < -0.3 is 10.2 Å². The molecule has 84 valence electrons. The van der Waals surface area contributed by atoms with E-state index in [9.17, 15) is 9.59 Å². The number of carbonyl (C=O) groups is 2. The summed E-state index contributed by atoms with van der Waals surface area (Å²) >= 11 is 0. The lowest BCUT2D eigenvalue weighted by molar-refractivity contribution is -0.143. The van der Waals surface area contributed by atoms with Crippen LogP contribution < -0.4 is 5.32 Å². The number of hydrogen-bond acceptors (Lipinski definition) is 2. The summed E-state index contributed by atoms with van der Waals surface area (Å²) in [5, 5.41) is 2.76. The van der Waals surface area contributed by atoms with Crippen LogP contribution in [0.4, 0.5) is 0 Å². The van der Waals surface area contributed by atoms with Gasteiger partial charge in [0.15, 0.2) is 0 Å². The molecule has 1 aliphatic carbocycles. The van der Waals surface area contributed by atoms with E-state index in [2.05, 4.69) is 19.2 Å². The maximum absolute atomic E-state index is 12.1. The highest BCUT2D eigenvalue weighted by Crippen LogP contribution is 2.52. The molecule has 0 bridgehead atoms. The van der Waals surface area contributed by atoms with Crippen molar-refractivity contribution in [2.45, 2.75) is 33.2 Å². The van der Waals surface area contributed by atoms with Gasteiger partial charge in [0.2, 0.25) is 11.8 Å². The molecule has 4 heteroatoms. The monoisotopic (exact) mass is 210 g/mol. The van der Waals surface area contributed by atoms with Crippen LogP contribution in [0.1, 0.15) is 27.2 Å². The summed E-state index contributed by atoms with van der Waals surface area (Å²) in [6.07, 6.45) is 0.955. The number of nitrogens with zero attached hydrogens (tertiary/aromatic N) is 1. The van der Waals surface area contributed by atoms with Crippen LogP contribution in [0.2, 0.25) is 0 Å². The summed E-state index contributed by atoms with van der Waals surface area (Å²) in [7, 11) is 0. The van der Waals surface area contributed by atoms with Crippen molar-refractivity contribution < 1.29 is 9.59 Å². The van der Waals surface area contributed by atoms with E-state index in [1.54, 1.807) is 11.8 Å². The Balaban J connectivity index is 2.04. The van der Waals surface area contributed by atoms with Crippen molar-refractivity contribution in [2.75, 3.05) is 13.1 Å². The molecule has 0 radical (unpaired) electrons. The first-order valence-corrected chi connectivity index (χ1v) is 5.52. The Bertz CT molecular complexity index is 312. The van der Waals surface area contributed by atoms with Crippen LogP contribution in [-0.4, -0.2) is 35.8 Å². The minimum atomic E-state index is -0.303. The molecule has 0 aromatic rings. The zero-order valence-corrected chi connectivity index (χ0v) is 9.54. The van der Waals surface area contributed by atoms with Gasteiger partial charge in [-0.25, -0.2) is 0 Å². The summed E-state index contributed by atoms with van der Waals surface area (Å²) < 4.78 is 0. The summed E-state index contributed by atoms with van der Waals surface area (Å²) in [5.74, 6) is 0.251. The van der Waals surface area contributed by atoms with E-state index in [1.165, 1.54) is 0 Å². The van der Waals surface area contributed by atoms with Gasteiger partial charge in [-0.2, -0.15) is 0 Å². The zero-order chi connectivity index (χ0) is 11.2. The van der Waals surface area contributed by atoms with Crippen molar-refractivity contribution in [3.05, 3.63) is 0 Å². The Hall–Kier alpha value is -1.06. The molecule has 1 heterocycles. The molecule has 2 atom stereocenters. The summed E-state index contributed by atoms with van der Waals surface area (Å²) in [5.41, 5.74) is 0.144. The fraction of sp³-hybridized carbons (Fsp3) is 0.818. The van der Waals surface area contributed by atoms with E-state index >= 15 is 0 Å². The van der Waals surface area contributed by atoms with Crippen LogP contribution in [0.3, 0.4) is 0 Å².